The molecular formula is C10H20N2O. The van der Waals surface area contributed by atoms with Crippen molar-refractivity contribution in [2.45, 2.75) is 32.7 Å². The highest BCUT2D eigenvalue weighted by atomic mass is 16.1. The van der Waals surface area contributed by atoms with Crippen LogP contribution in [0.15, 0.2) is 12.7 Å². The Labute approximate surface area is 80.6 Å². The van der Waals surface area contributed by atoms with Crippen LogP contribution in [0.2, 0.25) is 0 Å². The van der Waals surface area contributed by atoms with Gasteiger partial charge in [0.1, 0.15) is 0 Å². The molecule has 0 saturated heterocycles. The maximum atomic E-state index is 11.2. The van der Waals surface area contributed by atoms with E-state index < -0.39 is 0 Å². The minimum atomic E-state index is 0.0680. The van der Waals surface area contributed by atoms with Crippen molar-refractivity contribution in [2.24, 2.45) is 0 Å². The summed E-state index contributed by atoms with van der Waals surface area (Å²) in [4.78, 5) is 11.2. The van der Waals surface area contributed by atoms with Crippen molar-refractivity contribution in [3.8, 4) is 0 Å². The van der Waals surface area contributed by atoms with Crippen LogP contribution in [0.1, 0.15) is 26.7 Å². The highest BCUT2D eigenvalue weighted by molar-refractivity contribution is 5.78. The average molecular weight is 184 g/mol. The van der Waals surface area contributed by atoms with Crippen LogP contribution in [0.25, 0.3) is 0 Å². The molecule has 0 aliphatic rings. The lowest BCUT2D eigenvalue weighted by molar-refractivity contribution is -0.120. The van der Waals surface area contributed by atoms with E-state index in [2.05, 4.69) is 24.1 Å². The Morgan fingerprint density at radius 1 is 1.62 bits per heavy atom. The van der Waals surface area contributed by atoms with Crippen LogP contribution in [0, 0.1) is 0 Å². The monoisotopic (exact) mass is 184 g/mol. The molecule has 76 valence electrons. The fraction of sp³-hybridized carbons (Fsp3) is 0.700. The molecule has 1 unspecified atom stereocenters. The van der Waals surface area contributed by atoms with Gasteiger partial charge in [0.05, 0.1) is 6.54 Å². The van der Waals surface area contributed by atoms with Crippen molar-refractivity contribution in [1.82, 2.24) is 10.6 Å². The van der Waals surface area contributed by atoms with Gasteiger partial charge in [0.25, 0.3) is 0 Å². The Hall–Kier alpha value is -0.830. The van der Waals surface area contributed by atoms with E-state index in [4.69, 9.17) is 0 Å². The first-order chi connectivity index (χ1) is 6.20. The second kappa shape index (κ2) is 7.80. The molecule has 0 heterocycles. The van der Waals surface area contributed by atoms with Crippen molar-refractivity contribution in [2.75, 3.05) is 13.1 Å². The molecule has 13 heavy (non-hydrogen) atoms. The van der Waals surface area contributed by atoms with E-state index in [-0.39, 0.29) is 11.9 Å². The van der Waals surface area contributed by atoms with Gasteiger partial charge in [0.15, 0.2) is 0 Å². The fourth-order valence-electron chi connectivity index (χ4n) is 0.834. The molecule has 0 spiro atoms. The minimum Gasteiger partial charge on any atom is -0.353 e. The Bertz CT molecular complexity index is 157. The predicted octanol–water partition coefficient (Wildman–Crippen LogP) is 1.07. The largest absolute Gasteiger partial charge is 0.353 e. The Balaban J connectivity index is 3.35. The van der Waals surface area contributed by atoms with E-state index >= 15 is 0 Å². The van der Waals surface area contributed by atoms with E-state index in [0.717, 1.165) is 19.4 Å². The molecule has 0 rings (SSSR count). The van der Waals surface area contributed by atoms with Crippen LogP contribution in [-0.2, 0) is 4.79 Å². The van der Waals surface area contributed by atoms with Gasteiger partial charge in [-0.1, -0.05) is 13.0 Å². The average Bonchev–Trinajstić information content (AvgIpc) is 2.12. The lowest BCUT2D eigenvalue weighted by atomic mass is 10.2. The highest BCUT2D eigenvalue weighted by Gasteiger charge is 2.03. The van der Waals surface area contributed by atoms with Crippen LogP contribution in [0.5, 0.6) is 0 Å². The third kappa shape index (κ3) is 7.53. The minimum absolute atomic E-state index is 0.0680. The lowest BCUT2D eigenvalue weighted by Gasteiger charge is -2.11. The molecule has 3 nitrogen and oxygen atoms in total. The van der Waals surface area contributed by atoms with Gasteiger partial charge in [-0.3, -0.25) is 4.79 Å². The van der Waals surface area contributed by atoms with Gasteiger partial charge < -0.3 is 10.6 Å². The Morgan fingerprint density at radius 3 is 2.85 bits per heavy atom. The van der Waals surface area contributed by atoms with Gasteiger partial charge in [-0.2, -0.15) is 0 Å². The number of rotatable bonds is 7. The summed E-state index contributed by atoms with van der Waals surface area (Å²) in [5.74, 6) is 0.0680. The zero-order valence-electron chi connectivity index (χ0n) is 8.60. The standard InChI is InChI=1S/C10H20N2O/c1-4-6-7-11-8-10(13)12-9(3)5-2/h4,9,11H,1,5-8H2,2-3H3,(H,12,13). The van der Waals surface area contributed by atoms with Gasteiger partial charge in [0.2, 0.25) is 5.91 Å². The van der Waals surface area contributed by atoms with Gasteiger partial charge >= 0.3 is 0 Å². The van der Waals surface area contributed by atoms with Crippen molar-refractivity contribution >= 4 is 5.91 Å². The number of carbonyl (C=O) groups is 1. The molecule has 0 saturated carbocycles. The normalized spacial score (nSPS) is 12.2. The predicted molar refractivity (Wildman–Crippen MR) is 55.6 cm³/mol. The summed E-state index contributed by atoms with van der Waals surface area (Å²) in [5, 5.41) is 5.91. The number of hydrogen-bond donors (Lipinski definition) is 2. The van der Waals surface area contributed by atoms with Crippen LogP contribution in [-0.4, -0.2) is 25.0 Å². The molecular weight excluding hydrogens is 164 g/mol. The molecule has 1 atom stereocenters. The third-order valence-corrected chi connectivity index (χ3v) is 1.83. The molecule has 2 N–H and O–H groups in total. The van der Waals surface area contributed by atoms with Gasteiger partial charge in [-0.15, -0.1) is 6.58 Å². The van der Waals surface area contributed by atoms with Crippen molar-refractivity contribution in [3.05, 3.63) is 12.7 Å². The number of amides is 1. The van der Waals surface area contributed by atoms with Crippen LogP contribution in [0.3, 0.4) is 0 Å². The summed E-state index contributed by atoms with van der Waals surface area (Å²) >= 11 is 0. The van der Waals surface area contributed by atoms with Crippen molar-refractivity contribution in [1.29, 1.82) is 0 Å². The summed E-state index contributed by atoms with van der Waals surface area (Å²) in [7, 11) is 0. The van der Waals surface area contributed by atoms with Crippen LogP contribution < -0.4 is 10.6 Å². The smallest absolute Gasteiger partial charge is 0.234 e. The van der Waals surface area contributed by atoms with E-state index in [9.17, 15) is 4.79 Å². The molecule has 0 aromatic rings. The number of carbonyl (C=O) groups excluding carboxylic acids is 1. The molecule has 0 fully saturated rings. The molecule has 0 aromatic carbocycles. The SMILES string of the molecule is C=CCCNCC(=O)NC(C)CC. The van der Waals surface area contributed by atoms with Gasteiger partial charge in [-0.25, -0.2) is 0 Å². The third-order valence-electron chi connectivity index (χ3n) is 1.83. The van der Waals surface area contributed by atoms with Crippen LogP contribution >= 0.6 is 0 Å². The zero-order chi connectivity index (χ0) is 10.1. The molecule has 0 radical (unpaired) electrons. The first-order valence-electron chi connectivity index (χ1n) is 4.81. The van der Waals surface area contributed by atoms with E-state index in [1.54, 1.807) is 0 Å². The first-order valence-corrected chi connectivity index (χ1v) is 4.81. The maximum absolute atomic E-state index is 11.2. The molecule has 0 aromatic heterocycles. The molecule has 1 amide bonds. The maximum Gasteiger partial charge on any atom is 0.234 e. The second-order valence-electron chi connectivity index (χ2n) is 3.13. The molecule has 0 aliphatic heterocycles. The summed E-state index contributed by atoms with van der Waals surface area (Å²) in [6.45, 7) is 8.87. The number of nitrogens with one attached hydrogen (secondary N) is 2. The summed E-state index contributed by atoms with van der Waals surface area (Å²) in [5.41, 5.74) is 0. The Morgan fingerprint density at radius 2 is 2.31 bits per heavy atom. The van der Waals surface area contributed by atoms with Crippen molar-refractivity contribution in [3.63, 3.8) is 0 Å². The second-order valence-corrected chi connectivity index (χ2v) is 3.13. The molecule has 0 bridgehead atoms. The van der Waals surface area contributed by atoms with E-state index in [1.165, 1.54) is 0 Å². The fourth-order valence-corrected chi connectivity index (χ4v) is 0.834. The first kappa shape index (κ1) is 12.2. The topological polar surface area (TPSA) is 41.1 Å². The lowest BCUT2D eigenvalue weighted by Crippen LogP contribution is -2.38. The quantitative estimate of drug-likeness (QED) is 0.459. The van der Waals surface area contributed by atoms with Gasteiger partial charge in [0, 0.05) is 6.04 Å². The van der Waals surface area contributed by atoms with Crippen LogP contribution in [0.4, 0.5) is 0 Å². The van der Waals surface area contributed by atoms with Crippen molar-refractivity contribution < 1.29 is 4.79 Å². The highest BCUT2D eigenvalue weighted by Crippen LogP contribution is 1.86. The number of hydrogen-bond acceptors (Lipinski definition) is 2. The summed E-state index contributed by atoms with van der Waals surface area (Å²) in [6.07, 6.45) is 3.70. The Kier molecular flexibility index (Phi) is 7.30. The molecule has 3 heteroatoms. The molecule has 0 aliphatic carbocycles. The zero-order valence-corrected chi connectivity index (χ0v) is 8.60. The van der Waals surface area contributed by atoms with E-state index in [0.29, 0.717) is 6.54 Å². The van der Waals surface area contributed by atoms with Gasteiger partial charge in [-0.05, 0) is 26.3 Å². The summed E-state index contributed by atoms with van der Waals surface area (Å²) < 4.78 is 0. The summed E-state index contributed by atoms with van der Waals surface area (Å²) in [6, 6.07) is 0.272. The van der Waals surface area contributed by atoms with E-state index in [1.807, 2.05) is 13.0 Å².